The van der Waals surface area contributed by atoms with E-state index in [4.69, 9.17) is 0 Å². The number of hydrogen-bond donors (Lipinski definition) is 2. The SMILES string of the molecule is CCP(C)(=O)c1cc2c(N[C@H](C)c3cccc(C(F)(F)[C@@H](C)O)c3F)nc(C)nc2cn1. The van der Waals surface area contributed by atoms with Gasteiger partial charge < -0.3 is 15.0 Å². The topological polar surface area (TPSA) is 88.0 Å². The van der Waals surface area contributed by atoms with Crippen LogP contribution in [0.25, 0.3) is 10.9 Å². The van der Waals surface area contributed by atoms with Gasteiger partial charge in [-0.2, -0.15) is 8.78 Å². The number of aromatic nitrogens is 3. The van der Waals surface area contributed by atoms with E-state index >= 15 is 4.39 Å². The van der Waals surface area contributed by atoms with Crippen molar-refractivity contribution in [3.63, 3.8) is 0 Å². The van der Waals surface area contributed by atoms with Crippen molar-refractivity contribution < 1.29 is 22.8 Å². The lowest BCUT2D eigenvalue weighted by Crippen LogP contribution is -2.29. The molecule has 32 heavy (non-hydrogen) atoms. The van der Waals surface area contributed by atoms with Crippen LogP contribution in [-0.2, 0) is 10.5 Å². The fraction of sp³-hybridized carbons (Fsp3) is 0.409. The summed E-state index contributed by atoms with van der Waals surface area (Å²) in [6, 6.07) is 4.59. The van der Waals surface area contributed by atoms with Crippen molar-refractivity contribution in [1.29, 1.82) is 0 Å². The first-order valence-electron chi connectivity index (χ1n) is 10.2. The van der Waals surface area contributed by atoms with Gasteiger partial charge in [-0.05, 0) is 39.6 Å². The maximum absolute atomic E-state index is 15.0. The Kier molecular flexibility index (Phi) is 6.63. The molecule has 0 spiro atoms. The number of halogens is 3. The number of alkyl halides is 2. The molecule has 0 radical (unpaired) electrons. The number of aliphatic hydroxyl groups excluding tert-OH is 1. The standard InChI is InChI=1S/C22H26F3N4O2P/c1-6-32(5,31)19-10-16-18(11-26-19)28-14(4)29-21(16)27-12(2)15-8-7-9-17(20(15)23)22(24,25)13(3)30/h7-13,30H,6H2,1-5H3,(H,27,28,29)/t12-,13-,32?/m1/s1. The molecule has 10 heteroatoms. The van der Waals surface area contributed by atoms with Crippen molar-refractivity contribution in [2.75, 3.05) is 18.1 Å². The molecule has 3 rings (SSSR count). The molecule has 0 aliphatic carbocycles. The summed E-state index contributed by atoms with van der Waals surface area (Å²) in [4.78, 5) is 13.0. The first kappa shape index (κ1) is 24.1. The van der Waals surface area contributed by atoms with Gasteiger partial charge in [-0.25, -0.2) is 14.4 Å². The minimum Gasteiger partial charge on any atom is -0.387 e. The Morgan fingerprint density at radius 2 is 1.94 bits per heavy atom. The van der Waals surface area contributed by atoms with Crippen LogP contribution >= 0.6 is 7.14 Å². The molecule has 6 nitrogen and oxygen atoms in total. The Balaban J connectivity index is 2.06. The third kappa shape index (κ3) is 4.50. The van der Waals surface area contributed by atoms with E-state index < -0.39 is 36.6 Å². The van der Waals surface area contributed by atoms with Crippen LogP contribution in [0.1, 0.15) is 43.8 Å². The maximum Gasteiger partial charge on any atom is 0.301 e. The quantitative estimate of drug-likeness (QED) is 0.489. The van der Waals surface area contributed by atoms with Crippen LogP contribution in [0.4, 0.5) is 19.0 Å². The molecule has 2 heterocycles. The second kappa shape index (κ2) is 8.79. The highest BCUT2D eigenvalue weighted by Crippen LogP contribution is 2.40. The Labute approximate surface area is 184 Å². The first-order chi connectivity index (χ1) is 14.9. The Bertz CT molecular complexity index is 1200. The highest BCUT2D eigenvalue weighted by molar-refractivity contribution is 7.70. The van der Waals surface area contributed by atoms with Crippen molar-refractivity contribution >= 4 is 29.3 Å². The van der Waals surface area contributed by atoms with Crippen LogP contribution in [-0.4, -0.2) is 39.0 Å². The molecule has 3 aromatic rings. The molecular formula is C22H26F3N4O2P. The Hall–Kier alpha value is -2.51. The van der Waals surface area contributed by atoms with E-state index in [1.165, 1.54) is 18.3 Å². The molecule has 0 aliphatic heterocycles. The molecule has 1 unspecified atom stereocenters. The summed E-state index contributed by atoms with van der Waals surface area (Å²) >= 11 is 0. The number of fused-ring (bicyclic) bond motifs is 1. The average molecular weight is 466 g/mol. The zero-order chi connectivity index (χ0) is 23.8. The van der Waals surface area contributed by atoms with Crippen molar-refractivity contribution in [2.45, 2.75) is 45.8 Å². The highest BCUT2D eigenvalue weighted by atomic mass is 31.2. The number of hydrogen-bond acceptors (Lipinski definition) is 6. The van der Waals surface area contributed by atoms with Gasteiger partial charge in [-0.1, -0.05) is 19.1 Å². The van der Waals surface area contributed by atoms with E-state index in [0.717, 1.165) is 13.0 Å². The monoisotopic (exact) mass is 466 g/mol. The van der Waals surface area contributed by atoms with Gasteiger partial charge in [0.15, 0.2) is 0 Å². The third-order valence-corrected chi connectivity index (χ3v) is 7.92. The molecular weight excluding hydrogens is 440 g/mol. The van der Waals surface area contributed by atoms with E-state index in [2.05, 4.69) is 20.3 Å². The lowest BCUT2D eigenvalue weighted by molar-refractivity contribution is -0.108. The maximum atomic E-state index is 15.0. The van der Waals surface area contributed by atoms with Gasteiger partial charge in [0.05, 0.1) is 23.3 Å². The van der Waals surface area contributed by atoms with Gasteiger partial charge in [0.2, 0.25) is 0 Å². The summed E-state index contributed by atoms with van der Waals surface area (Å²) in [5.41, 5.74) is 0.0716. The molecule has 1 aromatic carbocycles. The van der Waals surface area contributed by atoms with Crippen LogP contribution in [0.2, 0.25) is 0 Å². The summed E-state index contributed by atoms with van der Waals surface area (Å²) in [7, 11) is -2.66. The van der Waals surface area contributed by atoms with Gasteiger partial charge >= 0.3 is 5.92 Å². The molecule has 3 atom stereocenters. The predicted octanol–water partition coefficient (Wildman–Crippen LogP) is 4.76. The predicted molar refractivity (Wildman–Crippen MR) is 120 cm³/mol. The largest absolute Gasteiger partial charge is 0.387 e. The molecule has 172 valence electrons. The zero-order valence-corrected chi connectivity index (χ0v) is 19.4. The molecule has 0 fully saturated rings. The number of pyridine rings is 1. The molecule has 0 saturated heterocycles. The smallest absolute Gasteiger partial charge is 0.301 e. The lowest BCUT2D eigenvalue weighted by Gasteiger charge is -2.23. The lowest BCUT2D eigenvalue weighted by atomic mass is 9.97. The van der Waals surface area contributed by atoms with Gasteiger partial charge in [0.25, 0.3) is 0 Å². The van der Waals surface area contributed by atoms with Crippen molar-refractivity contribution in [3.05, 3.63) is 53.2 Å². The highest BCUT2D eigenvalue weighted by Gasteiger charge is 2.40. The molecule has 0 amide bonds. The number of benzene rings is 1. The molecule has 0 aliphatic rings. The molecule has 0 bridgehead atoms. The fourth-order valence-electron chi connectivity index (χ4n) is 3.32. The average Bonchev–Trinajstić information content (AvgIpc) is 2.73. The number of aliphatic hydroxyl groups is 1. The first-order valence-corrected chi connectivity index (χ1v) is 12.5. The third-order valence-electron chi connectivity index (χ3n) is 5.50. The molecule has 2 aromatic heterocycles. The van der Waals surface area contributed by atoms with E-state index in [1.807, 2.05) is 6.92 Å². The number of rotatable bonds is 7. The second-order valence-electron chi connectivity index (χ2n) is 7.97. The van der Waals surface area contributed by atoms with E-state index in [1.54, 1.807) is 26.6 Å². The van der Waals surface area contributed by atoms with Crippen molar-refractivity contribution in [2.24, 2.45) is 0 Å². The second-order valence-corrected chi connectivity index (χ2v) is 11.3. The number of nitrogens with zero attached hydrogens (tertiary/aromatic N) is 3. The molecule has 0 saturated carbocycles. The van der Waals surface area contributed by atoms with Crippen LogP contribution < -0.4 is 10.8 Å². The van der Waals surface area contributed by atoms with E-state index in [0.29, 0.717) is 34.1 Å². The van der Waals surface area contributed by atoms with Crippen LogP contribution in [0.5, 0.6) is 0 Å². The summed E-state index contributed by atoms with van der Waals surface area (Å²) in [5.74, 6) is -4.04. The Morgan fingerprint density at radius 1 is 1.25 bits per heavy atom. The Morgan fingerprint density at radius 3 is 2.56 bits per heavy atom. The number of anilines is 1. The summed E-state index contributed by atoms with van der Waals surface area (Å²) < 4.78 is 56.4. The summed E-state index contributed by atoms with van der Waals surface area (Å²) in [5, 5.41) is 13.0. The van der Waals surface area contributed by atoms with Gasteiger partial charge in [-0.15, -0.1) is 0 Å². The minimum absolute atomic E-state index is 0.00348. The minimum atomic E-state index is -3.74. The van der Waals surface area contributed by atoms with Crippen LogP contribution in [0, 0.1) is 12.7 Å². The molecule has 2 N–H and O–H groups in total. The number of nitrogens with one attached hydrogen (secondary N) is 1. The van der Waals surface area contributed by atoms with E-state index in [-0.39, 0.29) is 5.56 Å². The van der Waals surface area contributed by atoms with Crippen molar-refractivity contribution in [3.8, 4) is 0 Å². The number of aryl methyl sites for hydroxylation is 1. The van der Waals surface area contributed by atoms with Crippen LogP contribution in [0.3, 0.4) is 0 Å². The summed E-state index contributed by atoms with van der Waals surface area (Å²) in [6.07, 6.45) is -0.0867. The van der Waals surface area contributed by atoms with Crippen molar-refractivity contribution in [1.82, 2.24) is 15.0 Å². The van der Waals surface area contributed by atoms with E-state index in [9.17, 15) is 18.5 Å². The zero-order valence-electron chi connectivity index (χ0n) is 18.5. The summed E-state index contributed by atoms with van der Waals surface area (Å²) in [6.45, 7) is 7.68. The fourth-order valence-corrected chi connectivity index (χ4v) is 4.35. The van der Waals surface area contributed by atoms with Gasteiger partial charge in [0.1, 0.15) is 36.1 Å². The normalized spacial score (nSPS) is 15.9. The van der Waals surface area contributed by atoms with Crippen LogP contribution in [0.15, 0.2) is 30.5 Å². The van der Waals surface area contributed by atoms with Gasteiger partial charge in [-0.3, -0.25) is 4.98 Å². The van der Waals surface area contributed by atoms with Gasteiger partial charge in [0, 0.05) is 17.1 Å².